The van der Waals surface area contributed by atoms with E-state index < -0.39 is 0 Å². The van der Waals surface area contributed by atoms with Gasteiger partial charge >= 0.3 is 0 Å². The van der Waals surface area contributed by atoms with Gasteiger partial charge in [-0.1, -0.05) is 43.1 Å². The van der Waals surface area contributed by atoms with Crippen LogP contribution in [0.15, 0.2) is 23.8 Å². The summed E-state index contributed by atoms with van der Waals surface area (Å²) in [6.45, 7) is 0.805. The number of hydrogen-bond acceptors (Lipinski definition) is 3. The van der Waals surface area contributed by atoms with E-state index >= 15 is 0 Å². The topological polar surface area (TPSA) is 66.5 Å². The Morgan fingerprint density at radius 3 is 2.68 bits per heavy atom. The number of nitrogens with two attached hydrogens (primary N) is 1. The van der Waals surface area contributed by atoms with E-state index in [1.54, 1.807) is 5.57 Å². The maximum atomic E-state index is 10.5. The van der Waals surface area contributed by atoms with Crippen LogP contribution >= 0.6 is 0 Å². The molecule has 0 aromatic heterocycles. The van der Waals surface area contributed by atoms with Gasteiger partial charge in [0.05, 0.1) is 12.2 Å². The molecular formula is C22H37NO2. The predicted molar refractivity (Wildman–Crippen MR) is 103 cm³/mol. The molecule has 0 aliphatic heterocycles. The van der Waals surface area contributed by atoms with Crippen molar-refractivity contribution >= 4 is 0 Å². The minimum Gasteiger partial charge on any atom is -0.392 e. The number of aliphatic hydroxyl groups excluding tert-OH is 2. The normalized spacial score (nSPS) is 35.9. The Labute approximate surface area is 153 Å². The lowest BCUT2D eigenvalue weighted by molar-refractivity contribution is 0.135. The minimum atomic E-state index is -0.312. The van der Waals surface area contributed by atoms with E-state index in [1.165, 1.54) is 38.5 Å². The Morgan fingerprint density at radius 2 is 1.92 bits per heavy atom. The summed E-state index contributed by atoms with van der Waals surface area (Å²) in [6, 6.07) is 0. The van der Waals surface area contributed by atoms with Gasteiger partial charge < -0.3 is 15.9 Å². The maximum Gasteiger partial charge on any atom is 0.0749 e. The van der Waals surface area contributed by atoms with Crippen molar-refractivity contribution in [3.63, 3.8) is 0 Å². The number of allylic oxidation sites excluding steroid dienone is 2. The first-order valence-corrected chi connectivity index (χ1v) is 10.6. The van der Waals surface area contributed by atoms with Crippen LogP contribution in [0.5, 0.6) is 0 Å². The average molecular weight is 348 g/mol. The summed E-state index contributed by atoms with van der Waals surface area (Å²) in [5.41, 5.74) is 7.15. The number of rotatable bonds is 8. The minimum absolute atomic E-state index is 0.215. The van der Waals surface area contributed by atoms with Crippen LogP contribution in [-0.2, 0) is 0 Å². The number of aliphatic hydroxyl groups is 2. The molecule has 0 unspecified atom stereocenters. The molecule has 0 bridgehead atoms. The Hall–Kier alpha value is -0.640. The highest BCUT2D eigenvalue weighted by atomic mass is 16.3. The summed E-state index contributed by atoms with van der Waals surface area (Å²) in [6.07, 6.45) is 19.0. The highest BCUT2D eigenvalue weighted by Crippen LogP contribution is 2.50. The number of unbranched alkanes of at least 4 members (excludes halogenated alkanes) is 3. The van der Waals surface area contributed by atoms with E-state index in [0.717, 1.165) is 38.6 Å². The fourth-order valence-corrected chi connectivity index (χ4v) is 5.41. The number of fused-ring (bicyclic) bond motifs is 1. The van der Waals surface area contributed by atoms with Crippen molar-refractivity contribution in [2.75, 3.05) is 6.54 Å². The second-order valence-corrected chi connectivity index (χ2v) is 8.63. The molecule has 142 valence electrons. The molecule has 4 N–H and O–H groups in total. The first-order chi connectivity index (χ1) is 12.2. The zero-order valence-electron chi connectivity index (χ0n) is 15.7. The van der Waals surface area contributed by atoms with E-state index in [4.69, 9.17) is 5.73 Å². The molecule has 3 fully saturated rings. The smallest absolute Gasteiger partial charge is 0.0749 e. The molecule has 3 nitrogen and oxygen atoms in total. The second-order valence-electron chi connectivity index (χ2n) is 8.63. The van der Waals surface area contributed by atoms with Crippen molar-refractivity contribution in [2.45, 2.75) is 82.8 Å². The van der Waals surface area contributed by atoms with Crippen molar-refractivity contribution in [1.82, 2.24) is 0 Å². The molecule has 0 amide bonds. The van der Waals surface area contributed by atoms with Gasteiger partial charge in [-0.15, -0.1) is 0 Å². The van der Waals surface area contributed by atoms with Gasteiger partial charge in [0.25, 0.3) is 0 Å². The molecule has 3 aliphatic carbocycles. The average Bonchev–Trinajstić information content (AvgIpc) is 3.30. The summed E-state index contributed by atoms with van der Waals surface area (Å²) < 4.78 is 0. The molecule has 0 aromatic carbocycles. The molecular weight excluding hydrogens is 310 g/mol. The van der Waals surface area contributed by atoms with Gasteiger partial charge in [0, 0.05) is 5.92 Å². The van der Waals surface area contributed by atoms with Gasteiger partial charge in [0.1, 0.15) is 0 Å². The van der Waals surface area contributed by atoms with Crippen molar-refractivity contribution in [3.05, 3.63) is 23.8 Å². The van der Waals surface area contributed by atoms with Crippen LogP contribution < -0.4 is 5.73 Å². The lowest BCUT2D eigenvalue weighted by atomic mass is 9.89. The Kier molecular flexibility index (Phi) is 7.15. The highest BCUT2D eigenvalue weighted by Gasteiger charge is 2.45. The van der Waals surface area contributed by atoms with E-state index in [2.05, 4.69) is 12.2 Å². The predicted octanol–water partition coefficient (Wildman–Crippen LogP) is 3.95. The molecule has 3 aliphatic rings. The summed E-state index contributed by atoms with van der Waals surface area (Å²) in [4.78, 5) is 0. The molecule has 3 heteroatoms. The highest BCUT2D eigenvalue weighted by molar-refractivity contribution is 5.18. The quantitative estimate of drug-likeness (QED) is 0.460. The maximum absolute atomic E-state index is 10.5. The molecule has 0 spiro atoms. The summed E-state index contributed by atoms with van der Waals surface area (Å²) in [5.74, 6) is 1.91. The van der Waals surface area contributed by atoms with E-state index in [0.29, 0.717) is 17.8 Å². The summed E-state index contributed by atoms with van der Waals surface area (Å²) in [5, 5.41) is 20.9. The van der Waals surface area contributed by atoms with Gasteiger partial charge in [0.15, 0.2) is 0 Å². The van der Waals surface area contributed by atoms with Crippen LogP contribution in [0, 0.1) is 23.7 Å². The van der Waals surface area contributed by atoms with Gasteiger partial charge in [-0.2, -0.15) is 0 Å². The molecule has 3 rings (SSSR count). The second kappa shape index (κ2) is 9.34. The molecule has 0 aromatic rings. The van der Waals surface area contributed by atoms with E-state index in [9.17, 15) is 10.2 Å². The third-order valence-corrected chi connectivity index (χ3v) is 6.87. The molecule has 5 atom stereocenters. The molecule has 25 heavy (non-hydrogen) atoms. The van der Waals surface area contributed by atoms with Crippen LogP contribution in [0.25, 0.3) is 0 Å². The van der Waals surface area contributed by atoms with Gasteiger partial charge in [0.2, 0.25) is 0 Å². The third kappa shape index (κ3) is 4.96. The molecule has 3 saturated carbocycles. The monoisotopic (exact) mass is 347 g/mol. The van der Waals surface area contributed by atoms with Crippen molar-refractivity contribution < 1.29 is 10.2 Å². The van der Waals surface area contributed by atoms with Crippen LogP contribution in [0.2, 0.25) is 0 Å². The largest absolute Gasteiger partial charge is 0.392 e. The van der Waals surface area contributed by atoms with Gasteiger partial charge in [-0.3, -0.25) is 0 Å². The lowest BCUT2D eigenvalue weighted by Crippen LogP contribution is -2.19. The van der Waals surface area contributed by atoms with E-state index in [-0.39, 0.29) is 18.1 Å². The van der Waals surface area contributed by atoms with Crippen LogP contribution in [0.4, 0.5) is 0 Å². The lowest BCUT2D eigenvalue weighted by Gasteiger charge is -2.19. The van der Waals surface area contributed by atoms with Crippen molar-refractivity contribution in [2.24, 2.45) is 29.4 Å². The number of hydrogen-bond donors (Lipinski definition) is 3. The van der Waals surface area contributed by atoms with E-state index in [1.807, 2.05) is 6.08 Å². The molecule has 0 radical (unpaired) electrons. The third-order valence-electron chi connectivity index (χ3n) is 6.87. The fraction of sp³-hybridized carbons (Fsp3) is 0.818. The standard InChI is InChI=1S/C22H37NO2/c23-12-6-2-1-3-7-16-13-18-15-22(25)19(20(18)14-16)10-11-21(24)17-8-4-5-9-17/h7,10-11,17-22,24-25H,1-6,8-9,12-15,23H2/b11-10+,16-7+/t18-,19+,20-,21+,22+/m0/s1. The Balaban J connectivity index is 1.50. The summed E-state index contributed by atoms with van der Waals surface area (Å²) >= 11 is 0. The van der Waals surface area contributed by atoms with Crippen molar-refractivity contribution in [3.8, 4) is 0 Å². The van der Waals surface area contributed by atoms with Crippen LogP contribution in [-0.4, -0.2) is 29.0 Å². The first kappa shape index (κ1) is 19.1. The molecule has 0 saturated heterocycles. The Morgan fingerprint density at radius 1 is 1.12 bits per heavy atom. The Bertz CT molecular complexity index is 467. The van der Waals surface area contributed by atoms with Gasteiger partial charge in [-0.05, 0) is 75.7 Å². The molecule has 0 heterocycles. The SMILES string of the molecule is NCCCCC/C=C1\C[C@H]2C[C@@H](O)[C@H](/C=C/[C@@H](O)C3CCCC3)[C@H]2C1. The van der Waals surface area contributed by atoms with Crippen molar-refractivity contribution in [1.29, 1.82) is 0 Å². The fourth-order valence-electron chi connectivity index (χ4n) is 5.41. The first-order valence-electron chi connectivity index (χ1n) is 10.6. The van der Waals surface area contributed by atoms with Gasteiger partial charge in [-0.25, -0.2) is 0 Å². The zero-order valence-corrected chi connectivity index (χ0v) is 15.7. The zero-order chi connectivity index (χ0) is 17.6. The van der Waals surface area contributed by atoms with Crippen LogP contribution in [0.1, 0.15) is 70.6 Å². The summed E-state index contributed by atoms with van der Waals surface area (Å²) in [7, 11) is 0. The van der Waals surface area contributed by atoms with Crippen LogP contribution in [0.3, 0.4) is 0 Å².